The fourth-order valence-electron chi connectivity index (χ4n) is 2.62. The number of rotatable bonds is 4. The van der Waals surface area contributed by atoms with E-state index in [1.54, 1.807) is 0 Å². The predicted molar refractivity (Wildman–Crippen MR) is 98.6 cm³/mol. The number of H-pyrrole nitrogens is 1. The van der Waals surface area contributed by atoms with Crippen molar-refractivity contribution >= 4 is 23.2 Å². The Balaban J connectivity index is 1.98. The van der Waals surface area contributed by atoms with Gasteiger partial charge in [0.05, 0.1) is 17.0 Å². The van der Waals surface area contributed by atoms with Crippen LogP contribution in [-0.4, -0.2) is 37.5 Å². The average molecular weight is 463 g/mol. The molecule has 3 aromatic rings. The topological polar surface area (TPSA) is 111 Å². The van der Waals surface area contributed by atoms with E-state index >= 15 is 0 Å². The van der Waals surface area contributed by atoms with Crippen LogP contribution in [0.3, 0.4) is 0 Å². The molecule has 0 saturated heterocycles. The Morgan fingerprint density at radius 3 is 2.48 bits per heavy atom. The summed E-state index contributed by atoms with van der Waals surface area (Å²) in [5, 5.41) is 27.9. The number of aromatic nitrogens is 3. The number of hydrogen-bond donors (Lipinski definition) is 4. The maximum absolute atomic E-state index is 14.6. The minimum Gasteiger partial charge on any atom is -0.507 e. The number of aliphatic hydroxyl groups excluding tert-OH is 1. The molecular formula is C18H12ClF5N4O3. The first-order chi connectivity index (χ1) is 14.4. The van der Waals surface area contributed by atoms with Gasteiger partial charge >= 0.3 is 6.18 Å². The quantitative estimate of drug-likeness (QED) is 0.433. The van der Waals surface area contributed by atoms with Crippen LogP contribution in [0, 0.1) is 18.6 Å². The molecule has 0 fully saturated rings. The Labute approximate surface area is 175 Å². The van der Waals surface area contributed by atoms with Crippen LogP contribution < -0.4 is 5.32 Å². The molecule has 1 aromatic carbocycles. The lowest BCUT2D eigenvalue weighted by molar-refractivity contribution is -0.208. The third kappa shape index (κ3) is 4.44. The third-order valence-electron chi connectivity index (χ3n) is 4.19. The molecule has 0 spiro atoms. The van der Waals surface area contributed by atoms with Crippen LogP contribution in [0.25, 0.3) is 11.3 Å². The molecule has 3 rings (SSSR count). The molecule has 0 radical (unpaired) electrons. The number of nitrogens with zero attached hydrogens (tertiary/aromatic N) is 2. The standard InChI is InChI=1S/C18H12ClF5N4O3/c1-6-13(16(19)28-27-6)26-17(31)8-4-10(21)7(5-12(8)29)11-3-2-9(20)14(25-11)15(30)18(22,23)24/h2-5,15,29-30H,1H3,(H,26,31)(H,27,28). The lowest BCUT2D eigenvalue weighted by atomic mass is 10.0. The summed E-state index contributed by atoms with van der Waals surface area (Å²) in [7, 11) is 0. The molecule has 1 atom stereocenters. The van der Waals surface area contributed by atoms with E-state index in [2.05, 4.69) is 20.5 Å². The largest absolute Gasteiger partial charge is 0.507 e. The summed E-state index contributed by atoms with van der Waals surface area (Å²) in [6.45, 7) is 1.52. The number of aromatic amines is 1. The number of alkyl halides is 3. The van der Waals surface area contributed by atoms with Crippen LogP contribution in [-0.2, 0) is 0 Å². The number of phenolic OH excluding ortho intramolecular Hbond substituents is 1. The molecular weight excluding hydrogens is 451 g/mol. The highest BCUT2D eigenvalue weighted by Gasteiger charge is 2.42. The molecule has 0 saturated carbocycles. The van der Waals surface area contributed by atoms with Crippen molar-refractivity contribution in [2.45, 2.75) is 19.2 Å². The SMILES string of the molecule is Cc1n[nH]c(Cl)c1NC(=O)c1cc(F)c(-c2ccc(F)c(C(O)C(F)(F)F)n2)cc1O. The number of anilines is 1. The fourth-order valence-corrected chi connectivity index (χ4v) is 2.85. The number of nitrogens with one attached hydrogen (secondary N) is 2. The normalized spacial score (nSPS) is 12.6. The van der Waals surface area contributed by atoms with Gasteiger partial charge in [0.25, 0.3) is 5.91 Å². The zero-order chi connectivity index (χ0) is 23.1. The molecule has 4 N–H and O–H groups in total. The van der Waals surface area contributed by atoms with Gasteiger partial charge in [0.15, 0.2) is 6.10 Å². The molecule has 2 heterocycles. The molecule has 0 aliphatic heterocycles. The Bertz CT molecular complexity index is 1150. The van der Waals surface area contributed by atoms with Crippen LogP contribution >= 0.6 is 11.6 Å². The summed E-state index contributed by atoms with van der Waals surface area (Å²) in [6, 6.07) is 2.77. The van der Waals surface area contributed by atoms with Gasteiger partial charge in [-0.15, -0.1) is 0 Å². The van der Waals surface area contributed by atoms with Crippen molar-refractivity contribution in [1.29, 1.82) is 0 Å². The first-order valence-corrected chi connectivity index (χ1v) is 8.73. The third-order valence-corrected chi connectivity index (χ3v) is 4.46. The molecule has 0 aliphatic rings. The van der Waals surface area contributed by atoms with E-state index in [0.717, 1.165) is 12.1 Å². The Kier molecular flexibility index (Phi) is 5.87. The minimum absolute atomic E-state index is 0.00584. The van der Waals surface area contributed by atoms with Crippen LogP contribution in [0.1, 0.15) is 27.8 Å². The van der Waals surface area contributed by atoms with Crippen molar-refractivity contribution in [3.8, 4) is 17.0 Å². The number of hydrogen-bond acceptors (Lipinski definition) is 5. The second kappa shape index (κ2) is 8.12. The van der Waals surface area contributed by atoms with Gasteiger partial charge in [0, 0.05) is 5.56 Å². The van der Waals surface area contributed by atoms with Gasteiger partial charge in [0.2, 0.25) is 0 Å². The molecule has 13 heteroatoms. The maximum atomic E-state index is 14.6. The number of carbonyl (C=O) groups is 1. The molecule has 0 bridgehead atoms. The predicted octanol–water partition coefficient (Wildman–Crippen LogP) is 4.27. The number of halogens is 6. The zero-order valence-electron chi connectivity index (χ0n) is 15.4. The number of aryl methyl sites for hydroxylation is 1. The van der Waals surface area contributed by atoms with Crippen molar-refractivity contribution in [2.75, 3.05) is 5.32 Å². The second-order valence-electron chi connectivity index (χ2n) is 6.31. The summed E-state index contributed by atoms with van der Waals surface area (Å²) in [6.07, 6.45) is -8.45. The highest BCUT2D eigenvalue weighted by molar-refractivity contribution is 6.33. The molecule has 2 aromatic heterocycles. The van der Waals surface area contributed by atoms with Crippen LogP contribution in [0.15, 0.2) is 24.3 Å². The number of phenols is 1. The van der Waals surface area contributed by atoms with Crippen molar-refractivity contribution < 1.29 is 37.0 Å². The van der Waals surface area contributed by atoms with E-state index in [9.17, 15) is 37.0 Å². The number of benzene rings is 1. The van der Waals surface area contributed by atoms with Crippen molar-refractivity contribution in [3.05, 3.63) is 58.0 Å². The minimum atomic E-state index is -5.21. The Morgan fingerprint density at radius 1 is 1.23 bits per heavy atom. The van der Waals surface area contributed by atoms with Gasteiger partial charge in [-0.1, -0.05) is 11.6 Å². The second-order valence-corrected chi connectivity index (χ2v) is 6.69. The van der Waals surface area contributed by atoms with Crippen molar-refractivity contribution in [3.63, 3.8) is 0 Å². The van der Waals surface area contributed by atoms with E-state index in [4.69, 9.17) is 11.6 Å². The van der Waals surface area contributed by atoms with Crippen LogP contribution in [0.2, 0.25) is 5.15 Å². The highest BCUT2D eigenvalue weighted by atomic mass is 35.5. The summed E-state index contributed by atoms with van der Waals surface area (Å²) < 4.78 is 66.5. The summed E-state index contributed by atoms with van der Waals surface area (Å²) in [5.41, 5.74) is -2.50. The van der Waals surface area contributed by atoms with Gasteiger partial charge in [-0.25, -0.2) is 13.8 Å². The monoisotopic (exact) mass is 462 g/mol. The lowest BCUT2D eigenvalue weighted by Gasteiger charge is -2.16. The number of aliphatic hydroxyl groups is 1. The van der Waals surface area contributed by atoms with Crippen molar-refractivity contribution in [1.82, 2.24) is 15.2 Å². The smallest absolute Gasteiger partial charge is 0.420 e. The summed E-state index contributed by atoms with van der Waals surface area (Å²) >= 11 is 5.83. The van der Waals surface area contributed by atoms with E-state index in [0.29, 0.717) is 17.8 Å². The number of amides is 1. The Morgan fingerprint density at radius 2 is 1.90 bits per heavy atom. The zero-order valence-corrected chi connectivity index (χ0v) is 16.1. The number of carbonyl (C=O) groups excluding carboxylic acids is 1. The molecule has 31 heavy (non-hydrogen) atoms. The van der Waals surface area contributed by atoms with E-state index in [1.807, 2.05) is 0 Å². The summed E-state index contributed by atoms with van der Waals surface area (Å²) in [4.78, 5) is 15.7. The van der Waals surface area contributed by atoms with Gasteiger partial charge < -0.3 is 15.5 Å². The van der Waals surface area contributed by atoms with Gasteiger partial charge in [-0.3, -0.25) is 9.89 Å². The molecule has 1 unspecified atom stereocenters. The van der Waals surface area contributed by atoms with Gasteiger partial charge in [-0.2, -0.15) is 18.3 Å². The molecule has 7 nitrogen and oxygen atoms in total. The van der Waals surface area contributed by atoms with Gasteiger partial charge in [-0.05, 0) is 31.2 Å². The first kappa shape index (κ1) is 22.4. The highest BCUT2D eigenvalue weighted by Crippen LogP contribution is 2.35. The number of aromatic hydroxyl groups is 1. The van der Waals surface area contributed by atoms with E-state index in [-0.39, 0.29) is 10.8 Å². The van der Waals surface area contributed by atoms with Crippen molar-refractivity contribution in [2.24, 2.45) is 0 Å². The lowest BCUT2D eigenvalue weighted by Crippen LogP contribution is -2.22. The Hall–Kier alpha value is -3.25. The summed E-state index contributed by atoms with van der Waals surface area (Å²) in [5.74, 6) is -4.30. The van der Waals surface area contributed by atoms with E-state index in [1.165, 1.54) is 6.92 Å². The number of pyridine rings is 1. The van der Waals surface area contributed by atoms with Crippen LogP contribution in [0.4, 0.5) is 27.6 Å². The van der Waals surface area contributed by atoms with Crippen LogP contribution in [0.5, 0.6) is 5.75 Å². The molecule has 1 amide bonds. The fraction of sp³-hybridized carbons (Fsp3) is 0.167. The average Bonchev–Trinajstić information content (AvgIpc) is 3.00. The van der Waals surface area contributed by atoms with E-state index < -0.39 is 58.1 Å². The molecule has 164 valence electrons. The maximum Gasteiger partial charge on any atom is 0.420 e. The molecule has 0 aliphatic carbocycles. The first-order valence-electron chi connectivity index (χ1n) is 8.36. The van der Waals surface area contributed by atoms with Gasteiger partial charge in [0.1, 0.15) is 33.9 Å².